The molecule has 0 saturated carbocycles. The molecule has 17 heteroatoms. The van der Waals surface area contributed by atoms with Gasteiger partial charge >= 0.3 is 11.9 Å². The quantitative estimate of drug-likeness (QED) is 0.0946. The van der Waals surface area contributed by atoms with E-state index in [4.69, 9.17) is 9.88 Å². The molecule has 0 aromatic heterocycles. The van der Waals surface area contributed by atoms with Crippen LogP contribution >= 0.6 is 11.8 Å². The number of nitrogens with zero attached hydrogens (tertiary/aromatic N) is 2. The lowest BCUT2D eigenvalue weighted by Gasteiger charge is -2.46. The number of amides is 1. The third-order valence-corrected chi connectivity index (χ3v) is 8.89. The lowest BCUT2D eigenvalue weighted by Crippen LogP contribution is -2.63. The predicted octanol–water partition coefficient (Wildman–Crippen LogP) is 0.0516. The highest BCUT2D eigenvalue weighted by molar-refractivity contribution is 8.03. The number of nitro groups is 1. The van der Waals surface area contributed by atoms with Crippen LogP contribution in [0, 0.1) is 22.0 Å². The first-order chi connectivity index (χ1) is 17.8. The Morgan fingerprint density at radius 2 is 1.90 bits per heavy atom. The van der Waals surface area contributed by atoms with E-state index in [1.54, 1.807) is 0 Å². The number of aliphatic hydroxyl groups is 1. The van der Waals surface area contributed by atoms with Gasteiger partial charge in [0.05, 0.1) is 28.6 Å². The number of nitro benzene ring substituents is 1. The van der Waals surface area contributed by atoms with Crippen LogP contribution in [-0.4, -0.2) is 83.2 Å². The Balaban J connectivity index is 0.00000280. The summed E-state index contributed by atoms with van der Waals surface area (Å²) in [7, 11) is -3.85. The van der Waals surface area contributed by atoms with Crippen LogP contribution < -0.4 is 15.2 Å². The fourth-order valence-corrected chi connectivity index (χ4v) is 6.95. The van der Waals surface area contributed by atoms with Gasteiger partial charge in [0.1, 0.15) is 5.70 Å². The van der Waals surface area contributed by atoms with Crippen molar-refractivity contribution in [3.05, 3.63) is 50.5 Å². The number of β-lactam (4-membered cyclic amide) rings is 1. The molecule has 1 aromatic carbocycles. The number of esters is 2. The van der Waals surface area contributed by atoms with Crippen LogP contribution in [-0.2, 0) is 24.5 Å². The summed E-state index contributed by atoms with van der Waals surface area (Å²) in [5.41, 5.74) is -0.390. The molecule has 3 aliphatic heterocycles. The van der Waals surface area contributed by atoms with Gasteiger partial charge in [0, 0.05) is 47.3 Å². The Labute approximate surface area is 242 Å². The lowest BCUT2D eigenvalue weighted by molar-refractivity contribution is -0.384. The zero-order valence-corrected chi connectivity index (χ0v) is 22.5. The molecule has 230 valence electrons. The van der Waals surface area contributed by atoms with E-state index in [0.717, 1.165) is 24.3 Å². The van der Waals surface area contributed by atoms with Crippen LogP contribution in [0.5, 0.6) is 0 Å². The van der Waals surface area contributed by atoms with Gasteiger partial charge < -0.3 is 25.5 Å². The largest absolute Gasteiger partial charge is 0.412 e. The van der Waals surface area contributed by atoms with Gasteiger partial charge in [-0.2, -0.15) is 8.42 Å². The number of carbonyl (C=O) groups is 3. The normalized spacial score (nSPS) is 25.6. The van der Waals surface area contributed by atoms with E-state index in [-0.39, 0.29) is 61.0 Å². The average molecular weight is 620 g/mol. The number of aliphatic hydroxyl groups excluding tert-OH is 1. The molecule has 7 N–H and O–H groups in total. The van der Waals surface area contributed by atoms with Gasteiger partial charge in [-0.15, -0.1) is 11.8 Å². The molecule has 0 radical (unpaired) electrons. The van der Waals surface area contributed by atoms with Crippen molar-refractivity contribution in [2.75, 3.05) is 13.1 Å². The van der Waals surface area contributed by atoms with Crippen molar-refractivity contribution in [2.24, 2.45) is 17.0 Å². The zero-order chi connectivity index (χ0) is 27.9. The summed E-state index contributed by atoms with van der Waals surface area (Å²) in [5, 5.41) is 29.1. The second kappa shape index (κ2) is 13.8. The van der Waals surface area contributed by atoms with E-state index in [0.29, 0.717) is 17.9 Å². The number of nitrogens with one attached hydrogen (secondary N) is 2. The fraction of sp³-hybridized carbons (Fsp3) is 0.542. The van der Waals surface area contributed by atoms with Crippen LogP contribution in [0.4, 0.5) is 5.69 Å². The Hall–Kier alpha value is -2.93. The van der Waals surface area contributed by atoms with Crippen LogP contribution in [0.3, 0.4) is 0 Å². The van der Waals surface area contributed by atoms with Crippen LogP contribution in [0.25, 0.3) is 0 Å². The van der Waals surface area contributed by atoms with Crippen molar-refractivity contribution in [2.45, 2.75) is 58.6 Å². The number of hydrogen-bond donors (Lipinski definition) is 4. The van der Waals surface area contributed by atoms with Crippen molar-refractivity contribution in [3.63, 3.8) is 0 Å². The summed E-state index contributed by atoms with van der Waals surface area (Å²) in [5.74, 6) is -3.59. The van der Waals surface area contributed by atoms with Gasteiger partial charge in [-0.25, -0.2) is 19.5 Å². The number of ether oxygens (including phenoxy) is 1. The summed E-state index contributed by atoms with van der Waals surface area (Å²) in [4.78, 5) is 50.8. The Morgan fingerprint density at radius 1 is 1.29 bits per heavy atom. The molecule has 0 bridgehead atoms. The maximum Gasteiger partial charge on any atom is 0.363 e. The Bertz CT molecular complexity index is 1300. The van der Waals surface area contributed by atoms with E-state index >= 15 is 0 Å². The number of nitrogens with two attached hydrogens (primary N) is 1. The first-order valence-corrected chi connectivity index (χ1v) is 14.1. The molecule has 4 rings (SSSR count). The molecule has 2 saturated heterocycles. The second-order valence-electron chi connectivity index (χ2n) is 9.42. The van der Waals surface area contributed by atoms with Gasteiger partial charge in [-0.05, 0) is 25.5 Å². The number of benzene rings is 1. The number of carbonyl (C=O) groups excluding carboxylic acids is 3. The molecule has 6 atom stereocenters. The molecule has 0 aliphatic carbocycles. The van der Waals surface area contributed by atoms with Gasteiger partial charge in [-0.1, -0.05) is 21.8 Å². The van der Waals surface area contributed by atoms with E-state index < -0.39 is 51.0 Å². The monoisotopic (exact) mass is 619 g/mol. The van der Waals surface area contributed by atoms with Crippen LogP contribution in [0.1, 0.15) is 45.5 Å². The highest BCUT2D eigenvalue weighted by atomic mass is 32.2. The van der Waals surface area contributed by atoms with E-state index in [1.165, 1.54) is 23.6 Å². The Kier molecular flexibility index (Phi) is 12.2. The van der Waals surface area contributed by atoms with E-state index in [1.807, 2.05) is 6.92 Å². The lowest BCUT2D eigenvalue weighted by atomic mass is 9.79. The first kappa shape index (κ1) is 36.1. The third kappa shape index (κ3) is 7.48. The van der Waals surface area contributed by atoms with Gasteiger partial charge in [-0.3, -0.25) is 14.9 Å². The fourth-order valence-electron chi connectivity index (χ4n) is 5.00. The number of hydrogen-bond acceptors (Lipinski definition) is 11. The summed E-state index contributed by atoms with van der Waals surface area (Å²) in [6.07, 6.45) is -0.414. The van der Waals surface area contributed by atoms with Crippen molar-refractivity contribution in [1.82, 2.24) is 14.9 Å². The maximum absolute atomic E-state index is 13.2. The Morgan fingerprint density at radius 3 is 2.44 bits per heavy atom. The van der Waals surface area contributed by atoms with Crippen LogP contribution in [0.2, 0.25) is 0 Å². The summed E-state index contributed by atoms with van der Waals surface area (Å²) < 4.78 is 29.7. The van der Waals surface area contributed by atoms with Crippen LogP contribution in [0.15, 0.2) is 34.9 Å². The molecule has 3 aliphatic rings. The summed E-state index contributed by atoms with van der Waals surface area (Å²) in [6, 6.07) is 3.85. The molecule has 15 nitrogen and oxygen atoms in total. The molecular weight excluding hydrogens is 582 g/mol. The van der Waals surface area contributed by atoms with Gasteiger partial charge in [0.2, 0.25) is 5.91 Å². The third-order valence-electron chi connectivity index (χ3n) is 6.81. The molecule has 0 spiro atoms. The number of thioether (sulfide) groups is 1. The average Bonchev–Trinajstić information content (AvgIpc) is 3.38. The molecule has 2 fully saturated rings. The van der Waals surface area contributed by atoms with Crippen molar-refractivity contribution in [3.8, 4) is 0 Å². The molecule has 3 heterocycles. The summed E-state index contributed by atoms with van der Waals surface area (Å²) >= 11 is 1.33. The molecular formula is C24H37N5O10S2. The molecule has 0 unspecified atom stereocenters. The maximum atomic E-state index is 13.2. The second-order valence-corrected chi connectivity index (χ2v) is 12.1. The number of fused-ring (bicyclic) bond motifs is 1. The highest BCUT2D eigenvalue weighted by Crippen LogP contribution is 2.52. The van der Waals surface area contributed by atoms with Gasteiger partial charge in [0.15, 0.2) is 0 Å². The molecule has 1 amide bonds. The minimum absolute atomic E-state index is 0. The first-order valence-electron chi connectivity index (χ1n) is 11.7. The topological polar surface area (TPSA) is 243 Å². The van der Waals surface area contributed by atoms with Crippen molar-refractivity contribution >= 4 is 45.5 Å². The van der Waals surface area contributed by atoms with Crippen molar-refractivity contribution < 1.29 is 43.0 Å². The standard InChI is InChI=1S/C22H27N5O9S2.2CH4.H2O/c1-10-17-16(11(2)28)20(29)26(17)18(19(10)37-15-7-13(24-9-15)8-25-38(23,34)35)22(31)36-21(30)12-3-5-14(6-4-12)27(32)33;;;/h3-6,10-11,13,15-17,24-25,28H,7-9H2,1-2H3,(H2,23,34,35);2*1H4;1H2/t10-,11-,13+,15+,16-,17-;;;/m1.../s1. The zero-order valence-electron chi connectivity index (χ0n) is 20.9. The van der Waals surface area contributed by atoms with E-state index in [9.17, 15) is 38.0 Å². The molecule has 1 aromatic rings. The van der Waals surface area contributed by atoms with Crippen molar-refractivity contribution in [1.29, 1.82) is 0 Å². The summed E-state index contributed by atoms with van der Waals surface area (Å²) in [6.45, 7) is 3.89. The number of rotatable bonds is 9. The highest BCUT2D eigenvalue weighted by Gasteiger charge is 2.60. The smallest absolute Gasteiger partial charge is 0.363 e. The minimum Gasteiger partial charge on any atom is -0.412 e. The minimum atomic E-state index is -3.85. The molecule has 41 heavy (non-hydrogen) atoms. The van der Waals surface area contributed by atoms with E-state index in [2.05, 4.69) is 10.0 Å². The number of non-ortho nitro benzene ring substituents is 1. The van der Waals surface area contributed by atoms with Gasteiger partial charge in [0.25, 0.3) is 15.9 Å². The SMILES string of the molecule is C.C.C[C@@H](O)[C@H]1C(=O)N2C(C(=O)OC(=O)c3ccc([N+](=O)[O-])cc3)=C(S[C@@H]3CN[C@H](CNS(N)(=O)=O)C3)[C@H](C)[C@H]12.O. The predicted molar refractivity (Wildman–Crippen MR) is 151 cm³/mol.